The van der Waals surface area contributed by atoms with Gasteiger partial charge in [0.15, 0.2) is 11.5 Å². The van der Waals surface area contributed by atoms with Crippen LogP contribution in [0.4, 0.5) is 4.39 Å². The molecule has 4 rings (SSSR count). The fourth-order valence-corrected chi connectivity index (χ4v) is 3.60. The van der Waals surface area contributed by atoms with Crippen molar-refractivity contribution in [3.8, 4) is 11.5 Å². The minimum atomic E-state index is -0.632. The summed E-state index contributed by atoms with van der Waals surface area (Å²) in [5, 5.41) is 0.430. The number of piperazine rings is 1. The van der Waals surface area contributed by atoms with Crippen molar-refractivity contribution >= 4 is 17.5 Å². The zero-order chi connectivity index (χ0) is 18.8. The molecule has 0 bridgehead atoms. The summed E-state index contributed by atoms with van der Waals surface area (Å²) in [5.41, 5.74) is 0.500. The van der Waals surface area contributed by atoms with E-state index in [1.54, 1.807) is 23.1 Å². The fraction of sp³-hybridized carbons (Fsp3) is 0.350. The van der Waals surface area contributed by atoms with Gasteiger partial charge in [-0.2, -0.15) is 0 Å². The van der Waals surface area contributed by atoms with Crippen molar-refractivity contribution in [2.45, 2.75) is 12.6 Å². The molecule has 142 valence electrons. The zero-order valence-corrected chi connectivity index (χ0v) is 15.5. The van der Waals surface area contributed by atoms with E-state index in [1.165, 1.54) is 6.07 Å². The monoisotopic (exact) mass is 390 g/mol. The molecule has 0 aliphatic carbocycles. The van der Waals surface area contributed by atoms with E-state index in [2.05, 4.69) is 4.90 Å². The van der Waals surface area contributed by atoms with Crippen LogP contribution in [-0.4, -0.2) is 54.6 Å². The van der Waals surface area contributed by atoms with Crippen molar-refractivity contribution in [3.05, 3.63) is 58.9 Å². The van der Waals surface area contributed by atoms with Crippen LogP contribution in [0, 0.1) is 5.82 Å². The van der Waals surface area contributed by atoms with Crippen molar-refractivity contribution in [2.75, 3.05) is 32.8 Å². The summed E-state index contributed by atoms with van der Waals surface area (Å²) in [6, 6.07) is 12.0. The number of carbonyl (C=O) groups is 1. The molecule has 27 heavy (non-hydrogen) atoms. The molecule has 1 amide bonds. The average molecular weight is 391 g/mol. The number of carbonyl (C=O) groups excluding carboxylic acids is 1. The maximum absolute atomic E-state index is 14.0. The first-order valence-electron chi connectivity index (χ1n) is 8.94. The highest BCUT2D eigenvalue weighted by molar-refractivity contribution is 6.31. The van der Waals surface area contributed by atoms with Crippen LogP contribution < -0.4 is 9.47 Å². The number of nitrogens with zero attached hydrogens (tertiary/aromatic N) is 2. The van der Waals surface area contributed by atoms with Crippen LogP contribution in [0.5, 0.6) is 11.5 Å². The number of fused-ring (bicyclic) bond motifs is 1. The van der Waals surface area contributed by atoms with Gasteiger partial charge in [0, 0.05) is 43.3 Å². The van der Waals surface area contributed by atoms with Crippen molar-refractivity contribution < 1.29 is 18.7 Å². The molecular formula is C20H20ClFN2O3. The Morgan fingerprint density at radius 2 is 1.81 bits per heavy atom. The molecule has 0 saturated carbocycles. The molecule has 1 atom stereocenters. The van der Waals surface area contributed by atoms with E-state index in [0.29, 0.717) is 54.8 Å². The smallest absolute Gasteiger partial charge is 0.267 e. The van der Waals surface area contributed by atoms with E-state index >= 15 is 0 Å². The summed E-state index contributed by atoms with van der Waals surface area (Å²) in [7, 11) is 0. The topological polar surface area (TPSA) is 42.0 Å². The molecule has 0 spiro atoms. The van der Waals surface area contributed by atoms with Crippen LogP contribution >= 0.6 is 11.6 Å². The van der Waals surface area contributed by atoms with E-state index in [9.17, 15) is 9.18 Å². The number of amides is 1. The molecule has 0 radical (unpaired) electrons. The number of benzene rings is 2. The highest BCUT2D eigenvalue weighted by Crippen LogP contribution is 2.31. The number of hydrogen-bond acceptors (Lipinski definition) is 4. The van der Waals surface area contributed by atoms with Gasteiger partial charge in [-0.1, -0.05) is 29.8 Å². The third-order valence-corrected chi connectivity index (χ3v) is 5.27. The molecule has 7 heteroatoms. The fourth-order valence-electron chi connectivity index (χ4n) is 3.38. The molecule has 2 aromatic carbocycles. The van der Waals surface area contributed by atoms with Gasteiger partial charge in [-0.25, -0.2) is 4.39 Å². The Hall–Kier alpha value is -2.31. The predicted molar refractivity (Wildman–Crippen MR) is 99.6 cm³/mol. The first kappa shape index (κ1) is 18.1. The maximum atomic E-state index is 14.0. The third-order valence-electron chi connectivity index (χ3n) is 4.91. The Balaban J connectivity index is 1.33. The van der Waals surface area contributed by atoms with E-state index in [0.717, 1.165) is 0 Å². The number of hydrogen-bond donors (Lipinski definition) is 0. The minimum Gasteiger partial charge on any atom is -0.485 e. The quantitative estimate of drug-likeness (QED) is 0.808. The summed E-state index contributed by atoms with van der Waals surface area (Å²) in [6.45, 7) is 3.07. The molecule has 1 fully saturated rings. The molecule has 2 aliphatic heterocycles. The Labute approximate surface area is 162 Å². The number of rotatable bonds is 3. The first-order valence-corrected chi connectivity index (χ1v) is 9.32. The standard InChI is InChI=1S/C20H20ClFN2O3/c21-15-4-3-5-16(22)14(15)12-23-8-10-24(11-9-23)20(25)19-13-26-17-6-1-2-7-18(17)27-19/h1-7,19H,8-13H2/t19-/m0/s1. The van der Waals surface area contributed by atoms with Crippen LogP contribution in [0.3, 0.4) is 0 Å². The number of para-hydroxylation sites is 2. The van der Waals surface area contributed by atoms with Crippen molar-refractivity contribution in [1.82, 2.24) is 9.80 Å². The second kappa shape index (κ2) is 7.74. The first-order chi connectivity index (χ1) is 13.1. The summed E-state index contributed by atoms with van der Waals surface area (Å²) in [6.07, 6.45) is -0.632. The van der Waals surface area contributed by atoms with Gasteiger partial charge < -0.3 is 14.4 Å². The lowest BCUT2D eigenvalue weighted by Crippen LogP contribution is -2.53. The molecule has 0 N–H and O–H groups in total. The Bertz CT molecular complexity index is 819. The summed E-state index contributed by atoms with van der Waals surface area (Å²) >= 11 is 6.11. The molecular weight excluding hydrogens is 371 g/mol. The molecule has 2 aliphatic rings. The second-order valence-corrected chi connectivity index (χ2v) is 7.07. The van der Waals surface area contributed by atoms with Crippen molar-refractivity contribution in [2.24, 2.45) is 0 Å². The van der Waals surface area contributed by atoms with Crippen molar-refractivity contribution in [1.29, 1.82) is 0 Å². The van der Waals surface area contributed by atoms with Gasteiger partial charge in [0.1, 0.15) is 12.4 Å². The van der Waals surface area contributed by atoms with Gasteiger partial charge in [-0.3, -0.25) is 9.69 Å². The zero-order valence-electron chi connectivity index (χ0n) is 14.7. The normalized spacial score (nSPS) is 19.8. The predicted octanol–water partition coefficient (Wildman–Crippen LogP) is 2.96. The molecule has 1 saturated heterocycles. The number of ether oxygens (including phenoxy) is 2. The lowest BCUT2D eigenvalue weighted by molar-refractivity contribution is -0.143. The van der Waals surface area contributed by atoms with E-state index in [1.807, 2.05) is 18.2 Å². The van der Waals surface area contributed by atoms with Gasteiger partial charge >= 0.3 is 0 Å². The van der Waals surface area contributed by atoms with Gasteiger partial charge in [0.25, 0.3) is 5.91 Å². The highest BCUT2D eigenvalue weighted by atomic mass is 35.5. The Kier molecular flexibility index (Phi) is 5.18. The van der Waals surface area contributed by atoms with Gasteiger partial charge in [-0.15, -0.1) is 0 Å². The minimum absolute atomic E-state index is 0.0759. The Morgan fingerprint density at radius 1 is 1.07 bits per heavy atom. The van der Waals surface area contributed by atoms with E-state index < -0.39 is 6.10 Å². The maximum Gasteiger partial charge on any atom is 0.267 e. The lowest BCUT2D eigenvalue weighted by atomic mass is 10.1. The summed E-state index contributed by atoms with van der Waals surface area (Å²) < 4.78 is 25.4. The van der Waals surface area contributed by atoms with Crippen LogP contribution in [0.15, 0.2) is 42.5 Å². The Morgan fingerprint density at radius 3 is 2.56 bits per heavy atom. The average Bonchev–Trinajstić information content (AvgIpc) is 2.70. The molecule has 0 unspecified atom stereocenters. The number of halogens is 2. The van der Waals surface area contributed by atoms with Crippen LogP contribution in [-0.2, 0) is 11.3 Å². The van der Waals surface area contributed by atoms with E-state index in [4.69, 9.17) is 21.1 Å². The van der Waals surface area contributed by atoms with Gasteiger partial charge in [0.05, 0.1) is 0 Å². The van der Waals surface area contributed by atoms with Gasteiger partial charge in [0.2, 0.25) is 6.10 Å². The van der Waals surface area contributed by atoms with Crippen LogP contribution in [0.1, 0.15) is 5.56 Å². The summed E-state index contributed by atoms with van der Waals surface area (Å²) in [5.74, 6) is 0.878. The van der Waals surface area contributed by atoms with E-state index in [-0.39, 0.29) is 18.3 Å². The second-order valence-electron chi connectivity index (χ2n) is 6.67. The molecule has 5 nitrogen and oxygen atoms in total. The summed E-state index contributed by atoms with van der Waals surface area (Å²) in [4.78, 5) is 16.6. The van der Waals surface area contributed by atoms with Crippen molar-refractivity contribution in [3.63, 3.8) is 0 Å². The SMILES string of the molecule is O=C([C@@H]1COc2ccccc2O1)N1CCN(Cc2c(F)cccc2Cl)CC1. The van der Waals surface area contributed by atoms with Crippen LogP contribution in [0.2, 0.25) is 5.02 Å². The highest BCUT2D eigenvalue weighted by Gasteiger charge is 2.32. The third kappa shape index (κ3) is 3.87. The molecule has 0 aromatic heterocycles. The molecule has 2 aromatic rings. The lowest BCUT2D eigenvalue weighted by Gasteiger charge is -2.37. The molecule has 2 heterocycles. The van der Waals surface area contributed by atoms with Crippen LogP contribution in [0.25, 0.3) is 0 Å². The van der Waals surface area contributed by atoms with Gasteiger partial charge in [-0.05, 0) is 24.3 Å². The largest absolute Gasteiger partial charge is 0.485 e.